The van der Waals surface area contributed by atoms with E-state index >= 15 is 0 Å². The average Bonchev–Trinajstić information content (AvgIpc) is 3.10. The number of carbonyl (C=O) groups is 1. The van der Waals surface area contributed by atoms with Crippen molar-refractivity contribution < 1.29 is 17.9 Å². The Labute approximate surface area is 128 Å². The fourth-order valence-electron chi connectivity index (χ4n) is 2.77. The van der Waals surface area contributed by atoms with Crippen LogP contribution in [0.25, 0.3) is 0 Å². The summed E-state index contributed by atoms with van der Waals surface area (Å²) < 4.78 is 31.8. The summed E-state index contributed by atoms with van der Waals surface area (Å²) in [6, 6.07) is 8.57. The molecule has 1 aliphatic rings. The van der Waals surface area contributed by atoms with E-state index in [4.69, 9.17) is 0 Å². The van der Waals surface area contributed by atoms with Crippen LogP contribution in [0.4, 0.5) is 5.69 Å². The Balaban J connectivity index is 2.03. The SMILES string of the molecule is COC(=O)c1cc(S(=O)(=O)N2c3ccccc3C[C@H]2C)c[nH]1. The Hall–Kier alpha value is -2.28. The first kappa shape index (κ1) is 14.6. The van der Waals surface area contributed by atoms with Gasteiger partial charge in [-0.15, -0.1) is 0 Å². The van der Waals surface area contributed by atoms with Crippen LogP contribution in [0, 0.1) is 0 Å². The highest BCUT2D eigenvalue weighted by Gasteiger charge is 2.36. The molecule has 6 nitrogen and oxygen atoms in total. The third-order valence-electron chi connectivity index (χ3n) is 3.76. The zero-order chi connectivity index (χ0) is 15.9. The molecule has 0 radical (unpaired) electrons. The number of aromatic nitrogens is 1. The van der Waals surface area contributed by atoms with Gasteiger partial charge in [-0.25, -0.2) is 13.2 Å². The van der Waals surface area contributed by atoms with E-state index < -0.39 is 16.0 Å². The van der Waals surface area contributed by atoms with E-state index in [-0.39, 0.29) is 16.6 Å². The number of hydrogen-bond donors (Lipinski definition) is 1. The summed E-state index contributed by atoms with van der Waals surface area (Å²) in [7, 11) is -2.48. The number of esters is 1. The number of para-hydroxylation sites is 1. The van der Waals surface area contributed by atoms with Crippen LogP contribution in [-0.2, 0) is 21.2 Å². The second kappa shape index (κ2) is 5.17. The third-order valence-corrected chi connectivity index (χ3v) is 5.67. The van der Waals surface area contributed by atoms with E-state index in [9.17, 15) is 13.2 Å². The molecule has 0 spiro atoms. The number of methoxy groups -OCH3 is 1. The molecule has 3 rings (SSSR count). The fourth-order valence-corrected chi connectivity index (χ4v) is 4.46. The van der Waals surface area contributed by atoms with Crippen LogP contribution in [0.3, 0.4) is 0 Å². The maximum atomic E-state index is 12.9. The van der Waals surface area contributed by atoms with E-state index in [2.05, 4.69) is 9.72 Å². The van der Waals surface area contributed by atoms with Gasteiger partial charge in [0, 0.05) is 12.2 Å². The van der Waals surface area contributed by atoms with Crippen molar-refractivity contribution in [1.82, 2.24) is 4.98 Å². The quantitative estimate of drug-likeness (QED) is 0.877. The van der Waals surface area contributed by atoms with Gasteiger partial charge in [0.1, 0.15) is 10.6 Å². The number of anilines is 1. The normalized spacial score (nSPS) is 17.4. The number of hydrogen-bond acceptors (Lipinski definition) is 4. The highest BCUT2D eigenvalue weighted by Crippen LogP contribution is 2.36. The van der Waals surface area contributed by atoms with E-state index in [0.717, 1.165) is 5.56 Å². The number of ether oxygens (including phenoxy) is 1. The van der Waals surface area contributed by atoms with E-state index in [1.807, 2.05) is 25.1 Å². The second-order valence-corrected chi connectivity index (χ2v) is 7.04. The van der Waals surface area contributed by atoms with Crippen LogP contribution in [0.15, 0.2) is 41.4 Å². The summed E-state index contributed by atoms with van der Waals surface area (Å²) in [6.07, 6.45) is 1.99. The molecule has 0 aliphatic carbocycles. The Morgan fingerprint density at radius 1 is 1.36 bits per heavy atom. The van der Waals surface area contributed by atoms with Crippen molar-refractivity contribution in [3.63, 3.8) is 0 Å². The third kappa shape index (κ3) is 2.18. The van der Waals surface area contributed by atoms with Gasteiger partial charge in [0.2, 0.25) is 0 Å². The molecule has 22 heavy (non-hydrogen) atoms. The molecule has 0 amide bonds. The van der Waals surface area contributed by atoms with Crippen LogP contribution in [-0.4, -0.2) is 32.5 Å². The van der Waals surface area contributed by atoms with Crippen LogP contribution in [0.5, 0.6) is 0 Å². The first-order valence-electron chi connectivity index (χ1n) is 6.84. The van der Waals surface area contributed by atoms with Gasteiger partial charge >= 0.3 is 5.97 Å². The molecule has 0 fully saturated rings. The summed E-state index contributed by atoms with van der Waals surface area (Å²) >= 11 is 0. The lowest BCUT2D eigenvalue weighted by Gasteiger charge is -2.23. The standard InChI is InChI=1S/C15H16N2O4S/c1-10-7-11-5-3-4-6-14(11)17(10)22(19,20)12-8-13(16-9-12)15(18)21-2/h3-6,8-10,16H,7H2,1-2H3/t10-/m1/s1. The molecule has 1 aromatic carbocycles. The molecule has 1 atom stereocenters. The number of aromatic amines is 1. The maximum absolute atomic E-state index is 12.9. The van der Waals surface area contributed by atoms with Crippen molar-refractivity contribution in [2.75, 3.05) is 11.4 Å². The van der Waals surface area contributed by atoms with E-state index in [1.165, 1.54) is 23.7 Å². The van der Waals surface area contributed by atoms with Crippen molar-refractivity contribution in [3.8, 4) is 0 Å². The molecule has 0 unspecified atom stereocenters. The minimum absolute atomic E-state index is 0.0523. The maximum Gasteiger partial charge on any atom is 0.354 e. The zero-order valence-electron chi connectivity index (χ0n) is 12.2. The first-order chi connectivity index (χ1) is 10.4. The van der Waals surface area contributed by atoms with E-state index in [0.29, 0.717) is 12.1 Å². The van der Waals surface area contributed by atoms with Gasteiger partial charge in [-0.1, -0.05) is 18.2 Å². The van der Waals surface area contributed by atoms with E-state index in [1.54, 1.807) is 6.07 Å². The minimum atomic E-state index is -3.73. The molecule has 0 saturated carbocycles. The molecular formula is C15H16N2O4S. The predicted octanol–water partition coefficient (Wildman–Crippen LogP) is 1.94. The van der Waals surface area contributed by atoms with Crippen LogP contribution >= 0.6 is 0 Å². The summed E-state index contributed by atoms with van der Waals surface area (Å²) in [6.45, 7) is 1.87. The number of carbonyl (C=O) groups excluding carboxylic acids is 1. The van der Waals surface area contributed by atoms with Crippen LogP contribution < -0.4 is 4.31 Å². The summed E-state index contributed by atoms with van der Waals surface area (Å²) in [5.74, 6) is -0.601. The monoisotopic (exact) mass is 320 g/mol. The Morgan fingerprint density at radius 3 is 2.82 bits per heavy atom. The average molecular weight is 320 g/mol. The number of fused-ring (bicyclic) bond motifs is 1. The van der Waals surface area contributed by atoms with Crippen molar-refractivity contribution in [2.45, 2.75) is 24.3 Å². The molecular weight excluding hydrogens is 304 g/mol. The second-order valence-electron chi connectivity index (χ2n) is 5.22. The first-order valence-corrected chi connectivity index (χ1v) is 8.28. The smallest absolute Gasteiger partial charge is 0.354 e. The van der Waals surface area contributed by atoms with Crippen LogP contribution in [0.1, 0.15) is 23.0 Å². The molecule has 0 bridgehead atoms. The van der Waals surface area contributed by atoms with Crippen molar-refractivity contribution >= 4 is 21.7 Å². The lowest BCUT2D eigenvalue weighted by atomic mass is 10.1. The molecule has 116 valence electrons. The molecule has 1 aromatic heterocycles. The molecule has 2 aromatic rings. The lowest BCUT2D eigenvalue weighted by molar-refractivity contribution is 0.0595. The zero-order valence-corrected chi connectivity index (χ0v) is 13.1. The molecule has 1 N–H and O–H groups in total. The fraction of sp³-hybridized carbons (Fsp3) is 0.267. The number of H-pyrrole nitrogens is 1. The topological polar surface area (TPSA) is 79.5 Å². The van der Waals surface area contributed by atoms with Gasteiger partial charge in [-0.3, -0.25) is 4.31 Å². The van der Waals surface area contributed by atoms with Gasteiger partial charge in [-0.2, -0.15) is 0 Å². The molecule has 2 heterocycles. The Morgan fingerprint density at radius 2 is 2.09 bits per heavy atom. The van der Waals surface area contributed by atoms with Gasteiger partial charge in [-0.05, 0) is 31.0 Å². The Bertz CT molecular complexity index is 826. The van der Waals surface area contributed by atoms with Gasteiger partial charge in [0.15, 0.2) is 0 Å². The Kier molecular flexibility index (Phi) is 3.44. The number of sulfonamides is 1. The highest BCUT2D eigenvalue weighted by molar-refractivity contribution is 7.92. The van der Waals surface area contributed by atoms with Crippen LogP contribution in [0.2, 0.25) is 0 Å². The predicted molar refractivity (Wildman–Crippen MR) is 81.4 cm³/mol. The van der Waals surface area contributed by atoms with Gasteiger partial charge in [0.05, 0.1) is 12.8 Å². The summed E-state index contributed by atoms with van der Waals surface area (Å²) in [5.41, 5.74) is 1.80. The number of nitrogens with one attached hydrogen (secondary N) is 1. The molecule has 1 aliphatic heterocycles. The molecule has 7 heteroatoms. The summed E-state index contributed by atoms with van der Waals surface area (Å²) in [5, 5.41) is 0. The van der Waals surface area contributed by atoms with Crippen molar-refractivity contribution in [3.05, 3.63) is 47.8 Å². The van der Waals surface area contributed by atoms with Crippen molar-refractivity contribution in [1.29, 1.82) is 0 Å². The minimum Gasteiger partial charge on any atom is -0.464 e. The number of nitrogens with zero attached hydrogens (tertiary/aromatic N) is 1. The number of rotatable bonds is 3. The lowest BCUT2D eigenvalue weighted by Crippen LogP contribution is -2.35. The van der Waals surface area contributed by atoms with Gasteiger partial charge in [0.25, 0.3) is 10.0 Å². The largest absolute Gasteiger partial charge is 0.464 e. The molecule has 0 saturated heterocycles. The van der Waals surface area contributed by atoms with Gasteiger partial charge < -0.3 is 9.72 Å². The summed E-state index contributed by atoms with van der Waals surface area (Å²) in [4.78, 5) is 14.2. The highest BCUT2D eigenvalue weighted by atomic mass is 32.2. The number of benzene rings is 1. The van der Waals surface area contributed by atoms with Crippen molar-refractivity contribution in [2.24, 2.45) is 0 Å².